The second kappa shape index (κ2) is 10.0. The molecule has 10 nitrogen and oxygen atoms in total. The molecule has 3 unspecified atom stereocenters. The van der Waals surface area contributed by atoms with Crippen LogP contribution in [0.25, 0.3) is 0 Å². The molecule has 0 radical (unpaired) electrons. The Kier molecular flexibility index (Phi) is 7.61. The van der Waals surface area contributed by atoms with Gasteiger partial charge in [0.05, 0.1) is 30.1 Å². The van der Waals surface area contributed by atoms with Gasteiger partial charge in [0.15, 0.2) is 17.4 Å². The topological polar surface area (TPSA) is 118 Å². The maximum Gasteiger partial charge on any atom is 0.297 e. The summed E-state index contributed by atoms with van der Waals surface area (Å²) in [5.74, 6) is -2.81. The minimum atomic E-state index is -4.17. The van der Waals surface area contributed by atoms with Crippen molar-refractivity contribution in [3.63, 3.8) is 0 Å². The van der Waals surface area contributed by atoms with Crippen LogP contribution in [-0.4, -0.2) is 80.2 Å². The summed E-state index contributed by atoms with van der Waals surface area (Å²) < 4.78 is 56.1. The number of benzene rings is 1. The third-order valence-corrected chi connectivity index (χ3v) is 8.61. The molecular weight excluding hydrogens is 502 g/mol. The first-order valence-electron chi connectivity index (χ1n) is 12.6. The van der Waals surface area contributed by atoms with Crippen LogP contribution in [0.3, 0.4) is 0 Å². The lowest BCUT2D eigenvalue weighted by Gasteiger charge is -2.51. The number of rotatable bonds is 9. The lowest BCUT2D eigenvalue weighted by atomic mass is 9.80. The first kappa shape index (κ1) is 28.1. The van der Waals surface area contributed by atoms with Crippen LogP contribution in [0.1, 0.15) is 53.5 Å². The number of aryl methyl sites for hydroxylation is 1. The lowest BCUT2D eigenvalue weighted by molar-refractivity contribution is -0.181. The molecule has 0 aromatic heterocycles. The highest BCUT2D eigenvalue weighted by molar-refractivity contribution is 7.86. The van der Waals surface area contributed by atoms with Crippen LogP contribution in [-0.2, 0) is 42.8 Å². The standard InChI is InChI=1S/C26H37NO9S/c1-8-17-21(16(3)28)27(24(17)29)18(13-33-37(30,31)20-12-10-9-11-15(20)2)22-23(36-26(6,7)35-22)19-14-32-25(4,5)34-19/h9-12,17-19,21-23H,8,13-14H2,1-7H3/t17-,18-,19?,21+,22?,23?/m0/s1. The molecule has 4 rings (SSSR count). The maximum absolute atomic E-state index is 13.3. The van der Waals surface area contributed by atoms with Crippen molar-refractivity contribution >= 4 is 21.8 Å². The number of likely N-dealkylation sites (tertiary alicyclic amines) is 1. The summed E-state index contributed by atoms with van der Waals surface area (Å²) in [6.45, 7) is 11.8. The number of amides is 1. The number of hydrogen-bond acceptors (Lipinski definition) is 9. The average Bonchev–Trinajstić information content (AvgIpc) is 3.32. The summed E-state index contributed by atoms with van der Waals surface area (Å²) in [5, 5.41) is 0. The van der Waals surface area contributed by atoms with Crippen molar-refractivity contribution in [2.45, 2.75) is 102 Å². The van der Waals surface area contributed by atoms with Crippen LogP contribution in [0.2, 0.25) is 0 Å². The molecule has 0 spiro atoms. The van der Waals surface area contributed by atoms with Gasteiger partial charge in [0.1, 0.15) is 24.4 Å². The molecule has 11 heteroatoms. The molecule has 0 saturated carbocycles. The zero-order valence-corrected chi connectivity index (χ0v) is 23.2. The number of β-lactam (4-membered cyclic amide) rings is 1. The average molecular weight is 540 g/mol. The minimum absolute atomic E-state index is 0.0352. The van der Waals surface area contributed by atoms with E-state index in [-0.39, 0.29) is 23.2 Å². The molecular formula is C26H37NO9S. The molecule has 3 heterocycles. The van der Waals surface area contributed by atoms with Crippen LogP contribution in [0.4, 0.5) is 0 Å². The second-order valence-corrected chi connectivity index (χ2v) is 12.4. The summed E-state index contributed by atoms with van der Waals surface area (Å²) in [7, 11) is -4.17. The van der Waals surface area contributed by atoms with Crippen LogP contribution in [0, 0.1) is 12.8 Å². The van der Waals surface area contributed by atoms with Gasteiger partial charge >= 0.3 is 0 Å². The monoisotopic (exact) mass is 539 g/mol. The van der Waals surface area contributed by atoms with Crippen molar-refractivity contribution < 1.29 is 41.1 Å². The number of carbonyl (C=O) groups excluding carboxylic acids is 2. The maximum atomic E-state index is 13.3. The zero-order chi connectivity index (χ0) is 27.3. The Morgan fingerprint density at radius 3 is 2.38 bits per heavy atom. The summed E-state index contributed by atoms with van der Waals surface area (Å²) in [6, 6.07) is 4.85. The Morgan fingerprint density at radius 2 is 1.81 bits per heavy atom. The fourth-order valence-electron chi connectivity index (χ4n) is 5.49. The minimum Gasteiger partial charge on any atom is -0.348 e. The van der Waals surface area contributed by atoms with E-state index in [2.05, 4.69) is 0 Å². The SMILES string of the molecule is CC[C@@H]1C(=O)N([C@@H](COS(=O)(=O)c2ccccc2C)C2OC(C)(C)OC2C2COC(C)(C)O2)[C@@H]1C(C)=O. The molecule has 3 fully saturated rings. The van der Waals surface area contributed by atoms with Crippen molar-refractivity contribution in [3.05, 3.63) is 29.8 Å². The Bertz CT molecular complexity index is 1150. The third kappa shape index (κ3) is 5.48. The molecule has 3 aliphatic rings. The molecule has 6 atom stereocenters. The third-order valence-electron chi connectivity index (χ3n) is 7.16. The lowest BCUT2D eigenvalue weighted by Crippen LogP contribution is -2.71. The number of carbonyl (C=O) groups is 2. The molecule has 3 saturated heterocycles. The number of hydrogen-bond donors (Lipinski definition) is 0. The quantitative estimate of drug-likeness (QED) is 0.345. The van der Waals surface area contributed by atoms with Crippen LogP contribution < -0.4 is 0 Å². The van der Waals surface area contributed by atoms with E-state index in [1.54, 1.807) is 52.8 Å². The van der Waals surface area contributed by atoms with Gasteiger partial charge < -0.3 is 23.8 Å². The first-order valence-corrected chi connectivity index (χ1v) is 14.0. The number of ether oxygens (including phenoxy) is 4. The van der Waals surface area contributed by atoms with Crippen molar-refractivity contribution in [3.8, 4) is 0 Å². The van der Waals surface area contributed by atoms with E-state index in [9.17, 15) is 18.0 Å². The van der Waals surface area contributed by atoms with E-state index in [1.807, 2.05) is 6.92 Å². The zero-order valence-electron chi connectivity index (χ0n) is 22.4. The fraction of sp³-hybridized carbons (Fsp3) is 0.692. The highest BCUT2D eigenvalue weighted by Gasteiger charge is 2.59. The van der Waals surface area contributed by atoms with Gasteiger partial charge in [0.25, 0.3) is 10.1 Å². The van der Waals surface area contributed by atoms with Crippen molar-refractivity contribution in [1.29, 1.82) is 0 Å². The predicted octanol–water partition coefficient (Wildman–Crippen LogP) is 2.57. The molecule has 1 aromatic carbocycles. The highest BCUT2D eigenvalue weighted by atomic mass is 32.2. The van der Waals surface area contributed by atoms with Gasteiger partial charge in [-0.1, -0.05) is 25.1 Å². The van der Waals surface area contributed by atoms with Crippen molar-refractivity contribution in [2.24, 2.45) is 5.92 Å². The summed E-state index contributed by atoms with van der Waals surface area (Å²) in [5.41, 5.74) is 0.532. The number of Topliss-reactive ketones (excluding diaryl/α,β-unsaturated/α-hetero) is 1. The summed E-state index contributed by atoms with van der Waals surface area (Å²) >= 11 is 0. The van der Waals surface area contributed by atoms with E-state index in [0.717, 1.165) is 0 Å². The van der Waals surface area contributed by atoms with E-state index >= 15 is 0 Å². The summed E-state index contributed by atoms with van der Waals surface area (Å²) in [6.07, 6.45) is -1.59. The molecule has 1 aromatic rings. The molecule has 0 N–H and O–H groups in total. The van der Waals surface area contributed by atoms with Crippen LogP contribution in [0.5, 0.6) is 0 Å². The van der Waals surface area contributed by atoms with Gasteiger partial charge in [-0.25, -0.2) is 0 Å². The molecule has 1 amide bonds. The van der Waals surface area contributed by atoms with Gasteiger partial charge in [0.2, 0.25) is 5.91 Å². The van der Waals surface area contributed by atoms with E-state index in [0.29, 0.717) is 12.0 Å². The largest absolute Gasteiger partial charge is 0.348 e. The van der Waals surface area contributed by atoms with E-state index < -0.39 is 64.6 Å². The highest BCUT2D eigenvalue weighted by Crippen LogP contribution is 2.41. The fourth-order valence-corrected chi connectivity index (χ4v) is 6.65. The number of nitrogens with zero attached hydrogens (tertiary/aromatic N) is 1. The van der Waals surface area contributed by atoms with Gasteiger partial charge in [-0.05, 0) is 59.6 Å². The Morgan fingerprint density at radius 1 is 1.14 bits per heavy atom. The predicted molar refractivity (Wildman–Crippen MR) is 132 cm³/mol. The Hall–Kier alpha value is -1.89. The molecule has 3 aliphatic heterocycles. The van der Waals surface area contributed by atoms with Crippen LogP contribution in [0.15, 0.2) is 29.2 Å². The molecule has 206 valence electrons. The summed E-state index contributed by atoms with van der Waals surface area (Å²) in [4.78, 5) is 27.3. The van der Waals surface area contributed by atoms with Gasteiger partial charge in [-0.3, -0.25) is 13.8 Å². The van der Waals surface area contributed by atoms with Crippen LogP contribution >= 0.6 is 0 Å². The Balaban J connectivity index is 1.69. The molecule has 37 heavy (non-hydrogen) atoms. The molecule has 0 aliphatic carbocycles. The number of ketones is 1. The second-order valence-electron chi connectivity index (χ2n) is 10.8. The van der Waals surface area contributed by atoms with Crippen molar-refractivity contribution in [1.82, 2.24) is 4.90 Å². The molecule has 0 bridgehead atoms. The normalized spacial score (nSPS) is 31.8. The van der Waals surface area contributed by atoms with Gasteiger partial charge in [-0.15, -0.1) is 0 Å². The smallest absolute Gasteiger partial charge is 0.297 e. The Labute approximate surface area is 218 Å². The van der Waals surface area contributed by atoms with Gasteiger partial charge in [0, 0.05) is 0 Å². The van der Waals surface area contributed by atoms with Crippen molar-refractivity contribution in [2.75, 3.05) is 13.2 Å². The van der Waals surface area contributed by atoms with E-state index in [4.69, 9.17) is 23.1 Å². The first-order chi connectivity index (χ1) is 17.2. The van der Waals surface area contributed by atoms with Gasteiger partial charge in [-0.2, -0.15) is 8.42 Å². The van der Waals surface area contributed by atoms with E-state index in [1.165, 1.54) is 17.9 Å².